The number of hydrogen-bond acceptors (Lipinski definition) is 4. The van der Waals surface area contributed by atoms with Crippen molar-refractivity contribution in [2.45, 2.75) is 19.4 Å². The Morgan fingerprint density at radius 2 is 1.96 bits per heavy atom. The maximum Gasteiger partial charge on any atom is 0.221 e. The molecule has 0 bridgehead atoms. The quantitative estimate of drug-likeness (QED) is 0.922. The van der Waals surface area contributed by atoms with Gasteiger partial charge in [-0.25, -0.2) is 0 Å². The average Bonchev–Trinajstić information content (AvgIpc) is 3.03. The summed E-state index contributed by atoms with van der Waals surface area (Å²) in [7, 11) is 0. The Bertz CT molecular complexity index is 713. The maximum absolute atomic E-state index is 11.2. The van der Waals surface area contributed by atoms with E-state index in [0.717, 1.165) is 11.3 Å². The van der Waals surface area contributed by atoms with E-state index in [1.165, 1.54) is 6.92 Å². The summed E-state index contributed by atoms with van der Waals surface area (Å²) in [4.78, 5) is 16.7. The van der Waals surface area contributed by atoms with Crippen molar-refractivity contribution in [3.05, 3.63) is 60.2 Å². The number of amides is 1. The van der Waals surface area contributed by atoms with Crippen LogP contribution in [0.1, 0.15) is 18.9 Å². The first kappa shape index (κ1) is 15.1. The fraction of sp³-hybridized carbons (Fsp3) is 0.222. The zero-order valence-electron chi connectivity index (χ0n) is 12.9. The van der Waals surface area contributed by atoms with E-state index in [2.05, 4.69) is 10.5 Å². The molecule has 0 radical (unpaired) electrons. The van der Waals surface area contributed by atoms with Crippen molar-refractivity contribution in [1.82, 2.24) is 0 Å². The zero-order valence-corrected chi connectivity index (χ0v) is 12.9. The number of carbonyl (C=O) groups is 1. The maximum atomic E-state index is 11.2. The number of rotatable bonds is 5. The number of hydrogen-bond donors (Lipinski definition) is 1. The van der Waals surface area contributed by atoms with E-state index in [0.29, 0.717) is 24.5 Å². The first-order valence-electron chi connectivity index (χ1n) is 7.50. The van der Waals surface area contributed by atoms with Crippen molar-refractivity contribution in [3.63, 3.8) is 0 Å². The van der Waals surface area contributed by atoms with E-state index < -0.39 is 0 Å². The van der Waals surface area contributed by atoms with Crippen LogP contribution in [0.25, 0.3) is 0 Å². The molecule has 0 unspecified atom stereocenters. The van der Waals surface area contributed by atoms with E-state index in [9.17, 15) is 4.79 Å². The molecule has 5 heteroatoms. The highest BCUT2D eigenvalue weighted by Gasteiger charge is 2.23. The van der Waals surface area contributed by atoms with E-state index in [-0.39, 0.29) is 12.0 Å². The molecule has 0 aromatic heterocycles. The first-order chi connectivity index (χ1) is 11.2. The zero-order chi connectivity index (χ0) is 16.1. The lowest BCUT2D eigenvalue weighted by Gasteiger charge is -2.14. The van der Waals surface area contributed by atoms with Gasteiger partial charge < -0.3 is 14.9 Å². The summed E-state index contributed by atoms with van der Waals surface area (Å²) in [5, 5.41) is 6.89. The third kappa shape index (κ3) is 3.88. The molecular formula is C18H18N2O3. The molecule has 0 saturated heterocycles. The van der Waals surface area contributed by atoms with Crippen LogP contribution in [0.3, 0.4) is 0 Å². The Balaban J connectivity index is 1.58. The predicted molar refractivity (Wildman–Crippen MR) is 88.7 cm³/mol. The van der Waals surface area contributed by atoms with Gasteiger partial charge in [-0.05, 0) is 17.7 Å². The Labute approximate surface area is 134 Å². The van der Waals surface area contributed by atoms with Crippen LogP contribution in [0.5, 0.6) is 5.75 Å². The Morgan fingerprint density at radius 1 is 1.22 bits per heavy atom. The number of benzene rings is 2. The van der Waals surface area contributed by atoms with Gasteiger partial charge in [0.05, 0.1) is 11.4 Å². The number of ether oxygens (including phenoxy) is 1. The summed E-state index contributed by atoms with van der Waals surface area (Å²) < 4.78 is 5.79. The molecule has 1 aliphatic rings. The summed E-state index contributed by atoms with van der Waals surface area (Å²) >= 11 is 0. The molecule has 3 rings (SSSR count). The second-order valence-electron chi connectivity index (χ2n) is 5.32. The Hall–Kier alpha value is -2.82. The lowest BCUT2D eigenvalue weighted by Crippen LogP contribution is -2.19. The van der Waals surface area contributed by atoms with Gasteiger partial charge in [-0.1, -0.05) is 47.6 Å². The largest absolute Gasteiger partial charge is 0.487 e. The molecule has 1 amide bonds. The molecule has 0 aliphatic carbocycles. The number of para-hydroxylation sites is 2. The van der Waals surface area contributed by atoms with Crippen LogP contribution in [-0.2, 0) is 9.63 Å². The standard InChI is InChI=1S/C18H18N2O3/c1-13(21)19-16-9-5-6-10-18(16)22-12-15-11-17(20-23-15)14-7-3-2-4-8-14/h2-10,15H,11-12H2,1H3,(H,19,21)/t15-/m0/s1. The molecule has 0 saturated carbocycles. The highest BCUT2D eigenvalue weighted by molar-refractivity contribution is 6.01. The topological polar surface area (TPSA) is 59.9 Å². The Kier molecular flexibility index (Phi) is 4.57. The van der Waals surface area contributed by atoms with Gasteiger partial charge >= 0.3 is 0 Å². The van der Waals surface area contributed by atoms with Crippen LogP contribution < -0.4 is 10.1 Å². The number of carbonyl (C=O) groups excluding carboxylic acids is 1. The highest BCUT2D eigenvalue weighted by atomic mass is 16.7. The molecule has 118 valence electrons. The van der Waals surface area contributed by atoms with Crippen molar-refractivity contribution in [2.24, 2.45) is 5.16 Å². The molecule has 0 spiro atoms. The summed E-state index contributed by atoms with van der Waals surface area (Å²) in [6.45, 7) is 1.84. The summed E-state index contributed by atoms with van der Waals surface area (Å²) in [6, 6.07) is 17.3. The summed E-state index contributed by atoms with van der Waals surface area (Å²) in [5.41, 5.74) is 2.64. The van der Waals surface area contributed by atoms with Crippen molar-refractivity contribution >= 4 is 17.3 Å². The van der Waals surface area contributed by atoms with E-state index in [1.54, 1.807) is 6.07 Å². The molecular weight excluding hydrogens is 292 g/mol. The van der Waals surface area contributed by atoms with Crippen molar-refractivity contribution in [2.75, 3.05) is 11.9 Å². The smallest absolute Gasteiger partial charge is 0.221 e. The van der Waals surface area contributed by atoms with Gasteiger partial charge in [0, 0.05) is 13.3 Å². The molecule has 5 nitrogen and oxygen atoms in total. The van der Waals surface area contributed by atoms with Crippen LogP contribution in [-0.4, -0.2) is 24.3 Å². The normalized spacial score (nSPS) is 16.4. The highest BCUT2D eigenvalue weighted by Crippen LogP contribution is 2.25. The molecule has 23 heavy (non-hydrogen) atoms. The second-order valence-corrected chi connectivity index (χ2v) is 5.32. The molecule has 1 N–H and O–H groups in total. The van der Waals surface area contributed by atoms with Gasteiger partial charge in [0.1, 0.15) is 12.4 Å². The molecule has 1 atom stereocenters. The third-order valence-corrected chi connectivity index (χ3v) is 3.46. The molecule has 2 aromatic rings. The number of nitrogens with zero attached hydrogens (tertiary/aromatic N) is 1. The third-order valence-electron chi connectivity index (χ3n) is 3.46. The first-order valence-corrected chi connectivity index (χ1v) is 7.50. The lowest BCUT2D eigenvalue weighted by atomic mass is 10.1. The minimum Gasteiger partial charge on any atom is -0.487 e. The number of oxime groups is 1. The number of anilines is 1. The predicted octanol–water partition coefficient (Wildman–Crippen LogP) is 3.22. The van der Waals surface area contributed by atoms with Crippen molar-refractivity contribution in [3.8, 4) is 5.75 Å². The molecule has 0 fully saturated rings. The van der Waals surface area contributed by atoms with Gasteiger partial charge in [0.15, 0.2) is 6.10 Å². The van der Waals surface area contributed by atoms with E-state index >= 15 is 0 Å². The SMILES string of the molecule is CC(=O)Nc1ccccc1OC[C@@H]1CC(c2ccccc2)=NO1. The second kappa shape index (κ2) is 6.96. The fourth-order valence-electron chi connectivity index (χ4n) is 2.39. The van der Waals surface area contributed by atoms with Gasteiger partial charge in [-0.3, -0.25) is 4.79 Å². The van der Waals surface area contributed by atoms with Crippen LogP contribution in [0, 0.1) is 0 Å². The Morgan fingerprint density at radius 3 is 2.74 bits per heavy atom. The number of nitrogens with one attached hydrogen (secondary N) is 1. The molecule has 1 aliphatic heterocycles. The van der Waals surface area contributed by atoms with Gasteiger partial charge in [0.25, 0.3) is 0 Å². The fourth-order valence-corrected chi connectivity index (χ4v) is 2.39. The monoisotopic (exact) mass is 310 g/mol. The van der Waals surface area contributed by atoms with Crippen molar-refractivity contribution < 1.29 is 14.4 Å². The summed E-state index contributed by atoms with van der Waals surface area (Å²) in [5.74, 6) is 0.493. The lowest BCUT2D eigenvalue weighted by molar-refractivity contribution is -0.114. The minimum absolute atomic E-state index is 0.129. The van der Waals surface area contributed by atoms with Crippen LogP contribution in [0.15, 0.2) is 59.8 Å². The van der Waals surface area contributed by atoms with Gasteiger partial charge in [0.2, 0.25) is 5.91 Å². The minimum atomic E-state index is -0.132. The van der Waals surface area contributed by atoms with Crippen molar-refractivity contribution in [1.29, 1.82) is 0 Å². The van der Waals surface area contributed by atoms with Gasteiger partial charge in [-0.2, -0.15) is 0 Å². The average molecular weight is 310 g/mol. The van der Waals surface area contributed by atoms with Gasteiger partial charge in [-0.15, -0.1) is 0 Å². The van der Waals surface area contributed by atoms with E-state index in [4.69, 9.17) is 9.57 Å². The van der Waals surface area contributed by atoms with Crippen LogP contribution >= 0.6 is 0 Å². The summed E-state index contributed by atoms with van der Waals surface area (Å²) in [6.07, 6.45) is 0.572. The van der Waals surface area contributed by atoms with Crippen LogP contribution in [0.4, 0.5) is 5.69 Å². The van der Waals surface area contributed by atoms with E-state index in [1.807, 2.05) is 48.5 Å². The molecule has 1 heterocycles. The van der Waals surface area contributed by atoms with Crippen LogP contribution in [0.2, 0.25) is 0 Å². The molecule has 2 aromatic carbocycles.